The highest BCUT2D eigenvalue weighted by Gasteiger charge is 2.29. The average molecular weight is 284 g/mol. The van der Waals surface area contributed by atoms with Crippen molar-refractivity contribution in [1.29, 1.82) is 0 Å². The fourth-order valence-electron chi connectivity index (χ4n) is 2.08. The van der Waals surface area contributed by atoms with E-state index >= 15 is 0 Å². The van der Waals surface area contributed by atoms with E-state index in [2.05, 4.69) is 10.3 Å². The third kappa shape index (κ3) is 2.98. The molecule has 1 fully saturated rings. The summed E-state index contributed by atoms with van der Waals surface area (Å²) in [5.74, 6) is 0.549. The van der Waals surface area contributed by atoms with Gasteiger partial charge in [0.15, 0.2) is 0 Å². The van der Waals surface area contributed by atoms with Crippen molar-refractivity contribution in [1.82, 2.24) is 9.88 Å². The first-order valence-electron chi connectivity index (χ1n) is 6.28. The lowest BCUT2D eigenvalue weighted by Gasteiger charge is -2.37. The predicted octanol–water partition coefficient (Wildman–Crippen LogP) is 2.03. The molecule has 0 aliphatic carbocycles. The van der Waals surface area contributed by atoms with Crippen LogP contribution in [-0.2, 0) is 4.74 Å². The Morgan fingerprint density at radius 1 is 1.58 bits per heavy atom. The van der Waals surface area contributed by atoms with Crippen molar-refractivity contribution >= 4 is 23.3 Å². The van der Waals surface area contributed by atoms with Gasteiger partial charge >= 0.3 is 0 Å². The Bertz CT molecular complexity index is 481. The van der Waals surface area contributed by atoms with Crippen LogP contribution in [0, 0.1) is 0 Å². The summed E-state index contributed by atoms with van der Waals surface area (Å²) in [4.78, 5) is 18.5. The Hall–Kier alpha value is -1.33. The normalized spacial score (nSPS) is 23.3. The number of hydrogen-bond acceptors (Lipinski definition) is 4. The fourth-order valence-corrected chi connectivity index (χ4v) is 2.26. The van der Waals surface area contributed by atoms with Gasteiger partial charge in [-0.1, -0.05) is 11.6 Å². The molecule has 5 nitrogen and oxygen atoms in total. The molecular weight excluding hydrogens is 266 g/mol. The van der Waals surface area contributed by atoms with Gasteiger partial charge in [0.25, 0.3) is 5.91 Å². The Morgan fingerprint density at radius 2 is 2.32 bits per heavy atom. The van der Waals surface area contributed by atoms with Crippen molar-refractivity contribution in [3.05, 3.63) is 22.8 Å². The summed E-state index contributed by atoms with van der Waals surface area (Å²) in [6.45, 7) is 5.05. The van der Waals surface area contributed by atoms with Crippen LogP contribution in [0.25, 0.3) is 0 Å². The molecule has 2 atom stereocenters. The molecule has 2 rings (SSSR count). The number of anilines is 1. The van der Waals surface area contributed by atoms with Gasteiger partial charge in [0.05, 0.1) is 29.3 Å². The second kappa shape index (κ2) is 5.75. The molecule has 0 saturated carbocycles. The van der Waals surface area contributed by atoms with Crippen molar-refractivity contribution in [3.8, 4) is 0 Å². The van der Waals surface area contributed by atoms with Crippen LogP contribution >= 0.6 is 11.6 Å². The molecule has 1 saturated heterocycles. The molecular formula is C13H18ClN3O2. The fraction of sp³-hybridized carbons (Fsp3) is 0.538. The van der Waals surface area contributed by atoms with E-state index in [0.29, 0.717) is 29.6 Å². The molecule has 2 heterocycles. The van der Waals surface area contributed by atoms with E-state index in [1.165, 1.54) is 6.20 Å². The lowest BCUT2D eigenvalue weighted by atomic mass is 10.1. The van der Waals surface area contributed by atoms with Gasteiger partial charge in [-0.05, 0) is 19.9 Å². The smallest absolute Gasteiger partial charge is 0.255 e. The molecule has 1 N–H and O–H groups in total. The van der Waals surface area contributed by atoms with Crippen LogP contribution in [0.15, 0.2) is 12.3 Å². The molecule has 1 aromatic heterocycles. The van der Waals surface area contributed by atoms with Gasteiger partial charge in [-0.2, -0.15) is 0 Å². The first kappa shape index (κ1) is 14.1. The first-order valence-corrected chi connectivity index (χ1v) is 6.66. The molecule has 1 aromatic rings. The highest BCUT2D eigenvalue weighted by Crippen LogP contribution is 2.22. The minimum Gasteiger partial charge on any atom is -0.375 e. The number of hydrogen-bond donors (Lipinski definition) is 1. The molecule has 1 aliphatic rings. The van der Waals surface area contributed by atoms with Gasteiger partial charge in [0.2, 0.25) is 0 Å². The number of carbonyl (C=O) groups is 1. The van der Waals surface area contributed by atoms with Crippen molar-refractivity contribution in [3.63, 3.8) is 0 Å². The summed E-state index contributed by atoms with van der Waals surface area (Å²) < 4.78 is 5.53. The molecule has 0 spiro atoms. The van der Waals surface area contributed by atoms with E-state index in [1.807, 2.05) is 13.8 Å². The van der Waals surface area contributed by atoms with Crippen LogP contribution in [0.1, 0.15) is 24.2 Å². The maximum absolute atomic E-state index is 12.6. The van der Waals surface area contributed by atoms with Crippen molar-refractivity contribution < 1.29 is 9.53 Å². The zero-order valence-corrected chi connectivity index (χ0v) is 12.1. The van der Waals surface area contributed by atoms with Gasteiger partial charge in [0.1, 0.15) is 5.82 Å². The lowest BCUT2D eigenvalue weighted by Crippen LogP contribution is -2.50. The topological polar surface area (TPSA) is 54.5 Å². The summed E-state index contributed by atoms with van der Waals surface area (Å²) in [6.07, 6.45) is 1.54. The summed E-state index contributed by atoms with van der Waals surface area (Å²) in [7, 11) is 1.75. The summed E-state index contributed by atoms with van der Waals surface area (Å²) in [5, 5.41) is 3.28. The molecule has 2 unspecified atom stereocenters. The number of nitrogens with one attached hydrogen (secondary N) is 1. The molecule has 1 aliphatic heterocycles. The molecule has 0 bridgehead atoms. The minimum absolute atomic E-state index is 0.0459. The predicted molar refractivity (Wildman–Crippen MR) is 74.7 cm³/mol. The number of pyridine rings is 1. The number of nitrogens with zero attached hydrogens (tertiary/aromatic N) is 2. The standard InChI is InChI=1S/C13H18ClN3O2/c1-8-7-19-9(2)6-17(8)13(18)10-4-12(15-3)16-5-11(10)14/h4-5,8-9H,6-7H2,1-3H3,(H,15,16). The van der Waals surface area contributed by atoms with E-state index in [9.17, 15) is 4.79 Å². The van der Waals surface area contributed by atoms with Crippen molar-refractivity contribution in [2.24, 2.45) is 0 Å². The monoisotopic (exact) mass is 283 g/mol. The third-order valence-electron chi connectivity index (χ3n) is 3.21. The van der Waals surface area contributed by atoms with Crippen LogP contribution in [0.2, 0.25) is 5.02 Å². The maximum atomic E-state index is 12.6. The maximum Gasteiger partial charge on any atom is 0.255 e. The second-order valence-electron chi connectivity index (χ2n) is 4.75. The number of halogens is 1. The first-order chi connectivity index (χ1) is 9.02. The number of amides is 1. The highest BCUT2D eigenvalue weighted by atomic mass is 35.5. The molecule has 6 heteroatoms. The quantitative estimate of drug-likeness (QED) is 0.902. The summed E-state index contributed by atoms with van der Waals surface area (Å²) in [5.41, 5.74) is 0.474. The molecule has 0 aromatic carbocycles. The van der Waals surface area contributed by atoms with E-state index in [-0.39, 0.29) is 18.1 Å². The molecule has 104 valence electrons. The van der Waals surface area contributed by atoms with Crippen LogP contribution in [0.5, 0.6) is 0 Å². The molecule has 0 radical (unpaired) electrons. The highest BCUT2D eigenvalue weighted by molar-refractivity contribution is 6.33. The van der Waals surface area contributed by atoms with Crippen molar-refractivity contribution in [2.45, 2.75) is 26.0 Å². The largest absolute Gasteiger partial charge is 0.375 e. The van der Waals surface area contributed by atoms with Crippen LogP contribution in [-0.4, -0.2) is 48.1 Å². The Labute approximate surface area is 117 Å². The Morgan fingerprint density at radius 3 is 3.00 bits per heavy atom. The van der Waals surface area contributed by atoms with Gasteiger partial charge in [0, 0.05) is 19.8 Å². The number of morpholine rings is 1. The number of rotatable bonds is 2. The van der Waals surface area contributed by atoms with Crippen LogP contribution in [0.3, 0.4) is 0 Å². The summed E-state index contributed by atoms with van der Waals surface area (Å²) >= 11 is 6.08. The average Bonchev–Trinajstić information content (AvgIpc) is 2.41. The van der Waals surface area contributed by atoms with Gasteiger partial charge in [-0.3, -0.25) is 4.79 Å². The number of carbonyl (C=O) groups excluding carboxylic acids is 1. The molecule has 19 heavy (non-hydrogen) atoms. The second-order valence-corrected chi connectivity index (χ2v) is 5.16. The van der Waals surface area contributed by atoms with Crippen LogP contribution < -0.4 is 5.32 Å². The lowest BCUT2D eigenvalue weighted by molar-refractivity contribution is -0.0387. The number of aromatic nitrogens is 1. The number of ether oxygens (including phenoxy) is 1. The van der Waals surface area contributed by atoms with E-state index in [1.54, 1.807) is 18.0 Å². The SMILES string of the molecule is CNc1cc(C(=O)N2CC(C)OCC2C)c(Cl)cn1. The third-order valence-corrected chi connectivity index (χ3v) is 3.51. The van der Waals surface area contributed by atoms with Gasteiger partial charge in [-0.25, -0.2) is 4.98 Å². The van der Waals surface area contributed by atoms with Gasteiger partial charge < -0.3 is 15.0 Å². The summed E-state index contributed by atoms with van der Waals surface area (Å²) in [6, 6.07) is 1.73. The Balaban J connectivity index is 2.27. The van der Waals surface area contributed by atoms with Crippen molar-refractivity contribution in [2.75, 3.05) is 25.5 Å². The van der Waals surface area contributed by atoms with E-state index in [4.69, 9.17) is 16.3 Å². The minimum atomic E-state index is -0.0773. The zero-order valence-electron chi connectivity index (χ0n) is 11.3. The molecule has 1 amide bonds. The van der Waals surface area contributed by atoms with Crippen LogP contribution in [0.4, 0.5) is 5.82 Å². The zero-order chi connectivity index (χ0) is 14.0. The van der Waals surface area contributed by atoms with E-state index in [0.717, 1.165) is 0 Å². The van der Waals surface area contributed by atoms with E-state index < -0.39 is 0 Å². The van der Waals surface area contributed by atoms with Gasteiger partial charge in [-0.15, -0.1) is 0 Å². The Kier molecular flexibility index (Phi) is 4.27.